The monoisotopic (exact) mass is 292 g/mol. The summed E-state index contributed by atoms with van der Waals surface area (Å²) in [7, 11) is 0. The van der Waals surface area contributed by atoms with E-state index in [0.29, 0.717) is 12.8 Å². The Morgan fingerprint density at radius 2 is 1.81 bits per heavy atom. The molecule has 1 fully saturated rings. The van der Waals surface area contributed by atoms with Crippen molar-refractivity contribution in [2.75, 3.05) is 6.61 Å². The minimum Gasteiger partial charge on any atom is -0.396 e. The Morgan fingerprint density at radius 1 is 1.14 bits per heavy atom. The molecule has 1 aromatic carbocycles. The zero-order chi connectivity index (χ0) is 15.1. The molecule has 1 aliphatic rings. The molecule has 3 nitrogen and oxygen atoms in total. The summed E-state index contributed by atoms with van der Waals surface area (Å²) in [6.45, 7) is 2.19. The molecule has 0 aliphatic heterocycles. The van der Waals surface area contributed by atoms with Crippen LogP contribution in [-0.4, -0.2) is 34.6 Å². The van der Waals surface area contributed by atoms with Crippen molar-refractivity contribution in [3.05, 3.63) is 35.9 Å². The fraction of sp³-hybridized carbons (Fsp3) is 0.667. The van der Waals surface area contributed by atoms with Crippen LogP contribution in [0.1, 0.15) is 51.0 Å². The molecule has 0 amide bonds. The summed E-state index contributed by atoms with van der Waals surface area (Å²) in [5.74, 6) is 0. The van der Waals surface area contributed by atoms with Crippen LogP contribution in [0.5, 0.6) is 0 Å². The second kappa shape index (κ2) is 7.92. The van der Waals surface area contributed by atoms with E-state index in [2.05, 4.69) is 6.92 Å². The zero-order valence-electron chi connectivity index (χ0n) is 13.0. The highest BCUT2D eigenvalue weighted by Crippen LogP contribution is 2.33. The Labute approximate surface area is 128 Å². The summed E-state index contributed by atoms with van der Waals surface area (Å²) in [4.78, 5) is 0. The minimum atomic E-state index is -0.571. The predicted octanol–water partition coefficient (Wildman–Crippen LogP) is 3.08. The van der Waals surface area contributed by atoms with Gasteiger partial charge in [-0.05, 0) is 31.7 Å². The van der Waals surface area contributed by atoms with Gasteiger partial charge in [0.05, 0.1) is 17.8 Å². The fourth-order valence-electron chi connectivity index (χ4n) is 3.23. The third-order valence-electron chi connectivity index (χ3n) is 4.48. The normalized spacial score (nSPS) is 20.9. The number of hydrogen-bond donors (Lipinski definition) is 2. The van der Waals surface area contributed by atoms with E-state index in [-0.39, 0.29) is 18.3 Å². The molecule has 2 atom stereocenters. The summed E-state index contributed by atoms with van der Waals surface area (Å²) in [5, 5.41) is 19.8. The van der Waals surface area contributed by atoms with Crippen LogP contribution in [-0.2, 0) is 11.2 Å². The molecule has 1 aliphatic carbocycles. The summed E-state index contributed by atoms with van der Waals surface area (Å²) >= 11 is 0. The number of aliphatic hydroxyl groups is 2. The molecule has 21 heavy (non-hydrogen) atoms. The van der Waals surface area contributed by atoms with Crippen molar-refractivity contribution < 1.29 is 14.9 Å². The Hall–Kier alpha value is -0.900. The van der Waals surface area contributed by atoms with Gasteiger partial charge in [0.15, 0.2) is 0 Å². The molecule has 0 spiro atoms. The lowest BCUT2D eigenvalue weighted by Gasteiger charge is -2.38. The molecule has 3 heteroatoms. The first-order valence-electron chi connectivity index (χ1n) is 8.14. The van der Waals surface area contributed by atoms with E-state index in [1.807, 2.05) is 30.3 Å². The minimum absolute atomic E-state index is 0.0482. The second-order valence-corrected chi connectivity index (χ2v) is 6.44. The quantitative estimate of drug-likeness (QED) is 0.812. The lowest BCUT2D eigenvalue weighted by atomic mass is 9.86. The van der Waals surface area contributed by atoms with E-state index >= 15 is 0 Å². The number of aliphatic hydroxyl groups excluding tert-OH is 2. The lowest BCUT2D eigenvalue weighted by Crippen LogP contribution is -2.42. The van der Waals surface area contributed by atoms with Crippen LogP contribution >= 0.6 is 0 Å². The molecule has 0 unspecified atom stereocenters. The van der Waals surface area contributed by atoms with Crippen molar-refractivity contribution in [3.63, 3.8) is 0 Å². The Morgan fingerprint density at radius 3 is 2.43 bits per heavy atom. The molecule has 0 heterocycles. The van der Waals surface area contributed by atoms with Crippen molar-refractivity contribution in [2.45, 2.75) is 69.7 Å². The number of rotatable bonds is 7. The van der Waals surface area contributed by atoms with Gasteiger partial charge in [0.1, 0.15) is 0 Å². The molecule has 2 N–H and O–H groups in total. The fourth-order valence-corrected chi connectivity index (χ4v) is 3.23. The first-order valence-corrected chi connectivity index (χ1v) is 8.14. The van der Waals surface area contributed by atoms with Crippen LogP contribution in [0.4, 0.5) is 0 Å². The van der Waals surface area contributed by atoms with Gasteiger partial charge in [-0.25, -0.2) is 0 Å². The first-order chi connectivity index (χ1) is 10.1. The maximum absolute atomic E-state index is 10.5. The SMILES string of the molecule is CC1(O[C@H](CCO)[C@H](O)Cc2ccccc2)CCCCC1. The summed E-state index contributed by atoms with van der Waals surface area (Å²) in [6.07, 6.45) is 5.95. The predicted molar refractivity (Wildman–Crippen MR) is 84.2 cm³/mol. The molecule has 2 rings (SSSR count). The van der Waals surface area contributed by atoms with Gasteiger partial charge in [-0.1, -0.05) is 49.6 Å². The van der Waals surface area contributed by atoms with Crippen LogP contribution in [0.2, 0.25) is 0 Å². The summed E-state index contributed by atoms with van der Waals surface area (Å²) < 4.78 is 6.24. The van der Waals surface area contributed by atoms with E-state index in [0.717, 1.165) is 18.4 Å². The van der Waals surface area contributed by atoms with E-state index in [1.54, 1.807) is 0 Å². The molecule has 0 aromatic heterocycles. The van der Waals surface area contributed by atoms with Crippen molar-refractivity contribution in [2.24, 2.45) is 0 Å². The number of benzene rings is 1. The number of hydrogen-bond acceptors (Lipinski definition) is 3. The third kappa shape index (κ3) is 5.10. The van der Waals surface area contributed by atoms with E-state index in [1.165, 1.54) is 19.3 Å². The van der Waals surface area contributed by atoms with Crippen LogP contribution < -0.4 is 0 Å². The molecule has 0 saturated heterocycles. The number of ether oxygens (including phenoxy) is 1. The van der Waals surface area contributed by atoms with E-state index in [9.17, 15) is 10.2 Å². The van der Waals surface area contributed by atoms with Gasteiger partial charge in [-0.15, -0.1) is 0 Å². The van der Waals surface area contributed by atoms with Crippen LogP contribution in [0.15, 0.2) is 30.3 Å². The highest BCUT2D eigenvalue weighted by molar-refractivity contribution is 5.15. The second-order valence-electron chi connectivity index (χ2n) is 6.44. The Balaban J connectivity index is 1.96. The average Bonchev–Trinajstić information content (AvgIpc) is 2.48. The average molecular weight is 292 g/mol. The summed E-state index contributed by atoms with van der Waals surface area (Å²) in [6, 6.07) is 9.96. The molecule has 0 radical (unpaired) electrons. The highest BCUT2D eigenvalue weighted by atomic mass is 16.5. The van der Waals surface area contributed by atoms with Gasteiger partial charge < -0.3 is 14.9 Å². The van der Waals surface area contributed by atoms with Crippen LogP contribution in [0.25, 0.3) is 0 Å². The van der Waals surface area contributed by atoms with E-state index in [4.69, 9.17) is 4.74 Å². The summed E-state index contributed by atoms with van der Waals surface area (Å²) in [5.41, 5.74) is 0.959. The van der Waals surface area contributed by atoms with Gasteiger partial charge in [0.25, 0.3) is 0 Å². The third-order valence-corrected chi connectivity index (χ3v) is 4.48. The highest BCUT2D eigenvalue weighted by Gasteiger charge is 2.33. The maximum Gasteiger partial charge on any atom is 0.0866 e. The smallest absolute Gasteiger partial charge is 0.0866 e. The molecule has 118 valence electrons. The van der Waals surface area contributed by atoms with Gasteiger partial charge in [-0.2, -0.15) is 0 Å². The van der Waals surface area contributed by atoms with Crippen molar-refractivity contribution in [3.8, 4) is 0 Å². The van der Waals surface area contributed by atoms with Crippen molar-refractivity contribution in [1.29, 1.82) is 0 Å². The van der Waals surface area contributed by atoms with Gasteiger partial charge >= 0.3 is 0 Å². The lowest BCUT2D eigenvalue weighted by molar-refractivity contribution is -0.145. The topological polar surface area (TPSA) is 49.7 Å². The molecular weight excluding hydrogens is 264 g/mol. The van der Waals surface area contributed by atoms with Crippen LogP contribution in [0.3, 0.4) is 0 Å². The van der Waals surface area contributed by atoms with Gasteiger partial charge in [-0.3, -0.25) is 0 Å². The largest absolute Gasteiger partial charge is 0.396 e. The first kappa shape index (κ1) is 16.5. The van der Waals surface area contributed by atoms with Crippen LogP contribution in [0, 0.1) is 0 Å². The molecule has 1 aromatic rings. The van der Waals surface area contributed by atoms with Gasteiger partial charge in [0.2, 0.25) is 0 Å². The molecule has 1 saturated carbocycles. The Bertz CT molecular complexity index is 398. The standard InChI is InChI=1S/C18H28O3/c1-18(11-6-3-7-12-18)21-17(10-13-19)16(20)14-15-8-4-2-5-9-15/h2,4-5,8-9,16-17,19-20H,3,6-7,10-14H2,1H3/t16-,17-/m1/s1. The zero-order valence-corrected chi connectivity index (χ0v) is 13.0. The van der Waals surface area contributed by atoms with E-state index < -0.39 is 6.10 Å². The maximum atomic E-state index is 10.5. The van der Waals surface area contributed by atoms with Crippen molar-refractivity contribution in [1.82, 2.24) is 0 Å². The Kier molecular flexibility index (Phi) is 6.22. The van der Waals surface area contributed by atoms with Crippen molar-refractivity contribution >= 4 is 0 Å². The molecular formula is C18H28O3. The molecule has 0 bridgehead atoms. The van der Waals surface area contributed by atoms with Gasteiger partial charge in [0, 0.05) is 13.0 Å².